The van der Waals surface area contributed by atoms with Gasteiger partial charge in [-0.1, -0.05) is 36.7 Å². The summed E-state index contributed by atoms with van der Waals surface area (Å²) in [6.07, 6.45) is 0. The molecule has 1 fully saturated rings. The lowest BCUT2D eigenvalue weighted by Gasteiger charge is -2.34. The zero-order valence-corrected chi connectivity index (χ0v) is 12.0. The van der Waals surface area contributed by atoms with E-state index < -0.39 is 0 Å². The summed E-state index contributed by atoms with van der Waals surface area (Å²) in [5, 5.41) is 3.62. The highest BCUT2D eigenvalue weighted by molar-refractivity contribution is 6.31. The molecule has 1 aromatic carbocycles. The van der Waals surface area contributed by atoms with Gasteiger partial charge in [-0.25, -0.2) is 4.79 Å². The van der Waals surface area contributed by atoms with Crippen molar-refractivity contribution < 1.29 is 4.79 Å². The van der Waals surface area contributed by atoms with Crippen LogP contribution in [0.25, 0.3) is 0 Å². The van der Waals surface area contributed by atoms with Crippen LogP contribution in [-0.4, -0.2) is 48.6 Å². The number of amides is 2. The molecule has 1 heterocycles. The number of benzene rings is 1. The van der Waals surface area contributed by atoms with E-state index in [1.807, 2.05) is 29.2 Å². The Hall–Kier alpha value is -1.26. The Kier molecular flexibility index (Phi) is 5.05. The number of nitrogens with one attached hydrogen (secondary N) is 1. The van der Waals surface area contributed by atoms with Crippen LogP contribution in [0.5, 0.6) is 0 Å². The van der Waals surface area contributed by atoms with Crippen molar-refractivity contribution in [1.82, 2.24) is 15.1 Å². The molecule has 1 aliphatic rings. The molecule has 1 aliphatic heterocycles. The lowest BCUT2D eigenvalue weighted by atomic mass is 10.2. The van der Waals surface area contributed by atoms with E-state index in [2.05, 4.69) is 17.1 Å². The summed E-state index contributed by atoms with van der Waals surface area (Å²) >= 11 is 6.06. The van der Waals surface area contributed by atoms with Gasteiger partial charge in [-0.3, -0.25) is 0 Å². The molecule has 0 bridgehead atoms. The highest BCUT2D eigenvalue weighted by Crippen LogP contribution is 2.14. The molecule has 1 saturated heterocycles. The third kappa shape index (κ3) is 3.85. The SMILES string of the molecule is CCN1CCN(C(=O)NCc2ccccc2Cl)CC1. The second-order valence-corrected chi connectivity index (χ2v) is 5.08. The Morgan fingerprint density at radius 2 is 1.95 bits per heavy atom. The van der Waals surface area contributed by atoms with Gasteiger partial charge >= 0.3 is 6.03 Å². The van der Waals surface area contributed by atoms with Crippen LogP contribution in [0.2, 0.25) is 5.02 Å². The predicted molar refractivity (Wildman–Crippen MR) is 77.4 cm³/mol. The van der Waals surface area contributed by atoms with Crippen LogP contribution in [0.3, 0.4) is 0 Å². The van der Waals surface area contributed by atoms with Gasteiger partial charge in [0.2, 0.25) is 0 Å². The predicted octanol–water partition coefficient (Wildman–Crippen LogP) is 2.19. The quantitative estimate of drug-likeness (QED) is 0.922. The van der Waals surface area contributed by atoms with E-state index in [1.165, 1.54) is 0 Å². The summed E-state index contributed by atoms with van der Waals surface area (Å²) in [5.41, 5.74) is 0.949. The van der Waals surface area contributed by atoms with Crippen molar-refractivity contribution in [2.24, 2.45) is 0 Å². The lowest BCUT2D eigenvalue weighted by molar-refractivity contribution is 0.142. The summed E-state index contributed by atoms with van der Waals surface area (Å²) in [6.45, 7) is 7.17. The zero-order chi connectivity index (χ0) is 13.7. The van der Waals surface area contributed by atoms with E-state index in [0.717, 1.165) is 38.3 Å². The monoisotopic (exact) mass is 281 g/mol. The maximum atomic E-state index is 12.0. The number of piperazine rings is 1. The second-order valence-electron chi connectivity index (χ2n) is 4.67. The molecule has 0 atom stereocenters. The molecule has 5 heteroatoms. The zero-order valence-electron chi connectivity index (χ0n) is 11.2. The normalized spacial score (nSPS) is 16.4. The maximum absolute atomic E-state index is 12.0. The van der Waals surface area contributed by atoms with E-state index in [0.29, 0.717) is 11.6 Å². The van der Waals surface area contributed by atoms with Gasteiger partial charge in [-0.15, -0.1) is 0 Å². The third-order valence-electron chi connectivity index (χ3n) is 3.49. The molecule has 0 saturated carbocycles. The summed E-state index contributed by atoms with van der Waals surface area (Å²) in [4.78, 5) is 16.2. The third-order valence-corrected chi connectivity index (χ3v) is 3.86. The number of carbonyl (C=O) groups is 1. The molecule has 0 aliphatic carbocycles. The molecule has 104 valence electrons. The van der Waals surface area contributed by atoms with Gasteiger partial charge in [0, 0.05) is 37.7 Å². The fraction of sp³-hybridized carbons (Fsp3) is 0.500. The molecule has 2 amide bonds. The van der Waals surface area contributed by atoms with Gasteiger partial charge in [-0.2, -0.15) is 0 Å². The van der Waals surface area contributed by atoms with E-state index >= 15 is 0 Å². The Morgan fingerprint density at radius 1 is 1.26 bits per heavy atom. The van der Waals surface area contributed by atoms with Crippen molar-refractivity contribution in [2.75, 3.05) is 32.7 Å². The summed E-state index contributed by atoms with van der Waals surface area (Å²) < 4.78 is 0. The Balaban J connectivity index is 1.81. The van der Waals surface area contributed by atoms with Crippen LogP contribution >= 0.6 is 11.6 Å². The van der Waals surface area contributed by atoms with Gasteiger partial charge in [0.25, 0.3) is 0 Å². The maximum Gasteiger partial charge on any atom is 0.317 e. The molecular weight excluding hydrogens is 262 g/mol. The smallest absolute Gasteiger partial charge is 0.317 e. The molecule has 4 nitrogen and oxygen atoms in total. The van der Waals surface area contributed by atoms with Crippen LogP contribution in [0.4, 0.5) is 4.79 Å². The number of hydrogen-bond acceptors (Lipinski definition) is 2. The molecule has 1 aromatic rings. The van der Waals surface area contributed by atoms with Gasteiger partial charge in [-0.05, 0) is 18.2 Å². The number of likely N-dealkylation sites (N-methyl/N-ethyl adjacent to an activating group) is 1. The number of carbonyl (C=O) groups excluding carboxylic acids is 1. The van der Waals surface area contributed by atoms with E-state index in [1.54, 1.807) is 0 Å². The number of rotatable bonds is 3. The Morgan fingerprint density at radius 3 is 2.58 bits per heavy atom. The van der Waals surface area contributed by atoms with Gasteiger partial charge in [0.05, 0.1) is 0 Å². The van der Waals surface area contributed by atoms with Crippen molar-refractivity contribution in [3.63, 3.8) is 0 Å². The molecule has 2 rings (SSSR count). The molecule has 0 aromatic heterocycles. The number of hydrogen-bond donors (Lipinski definition) is 1. The molecule has 0 unspecified atom stereocenters. The first kappa shape index (κ1) is 14.2. The first-order valence-corrected chi connectivity index (χ1v) is 7.07. The van der Waals surface area contributed by atoms with Crippen LogP contribution in [0, 0.1) is 0 Å². The van der Waals surface area contributed by atoms with Gasteiger partial charge in [0.15, 0.2) is 0 Å². The average molecular weight is 282 g/mol. The van der Waals surface area contributed by atoms with Crippen molar-refractivity contribution >= 4 is 17.6 Å². The minimum absolute atomic E-state index is 0.00401. The largest absolute Gasteiger partial charge is 0.334 e. The highest BCUT2D eigenvalue weighted by atomic mass is 35.5. The van der Waals surface area contributed by atoms with Crippen LogP contribution in [0.15, 0.2) is 24.3 Å². The lowest BCUT2D eigenvalue weighted by Crippen LogP contribution is -2.51. The van der Waals surface area contributed by atoms with Crippen LogP contribution < -0.4 is 5.32 Å². The number of halogens is 1. The van der Waals surface area contributed by atoms with Gasteiger partial charge in [0.1, 0.15) is 0 Å². The van der Waals surface area contributed by atoms with Crippen molar-refractivity contribution in [1.29, 1.82) is 0 Å². The van der Waals surface area contributed by atoms with Crippen molar-refractivity contribution in [3.05, 3.63) is 34.9 Å². The molecular formula is C14H20ClN3O. The summed E-state index contributed by atoms with van der Waals surface area (Å²) in [5.74, 6) is 0. The van der Waals surface area contributed by atoms with Crippen LogP contribution in [0.1, 0.15) is 12.5 Å². The summed E-state index contributed by atoms with van der Waals surface area (Å²) in [6, 6.07) is 7.57. The fourth-order valence-electron chi connectivity index (χ4n) is 2.19. The Labute approximate surface area is 119 Å². The highest BCUT2D eigenvalue weighted by Gasteiger charge is 2.19. The van der Waals surface area contributed by atoms with Crippen LogP contribution in [-0.2, 0) is 6.54 Å². The first-order chi connectivity index (χ1) is 9.20. The van der Waals surface area contributed by atoms with E-state index in [9.17, 15) is 4.79 Å². The standard InChI is InChI=1S/C14H20ClN3O/c1-2-17-7-9-18(10-8-17)14(19)16-11-12-5-3-4-6-13(12)15/h3-6H,2,7-11H2,1H3,(H,16,19). The minimum atomic E-state index is -0.00401. The van der Waals surface area contributed by atoms with E-state index in [-0.39, 0.29) is 6.03 Å². The summed E-state index contributed by atoms with van der Waals surface area (Å²) in [7, 11) is 0. The average Bonchev–Trinajstić information content (AvgIpc) is 2.46. The molecule has 0 radical (unpaired) electrons. The molecule has 1 N–H and O–H groups in total. The first-order valence-electron chi connectivity index (χ1n) is 6.69. The number of urea groups is 1. The molecule has 19 heavy (non-hydrogen) atoms. The van der Waals surface area contributed by atoms with Gasteiger partial charge < -0.3 is 15.1 Å². The topological polar surface area (TPSA) is 35.6 Å². The fourth-order valence-corrected chi connectivity index (χ4v) is 2.39. The minimum Gasteiger partial charge on any atom is -0.334 e. The molecule has 0 spiro atoms. The Bertz CT molecular complexity index is 430. The van der Waals surface area contributed by atoms with E-state index in [4.69, 9.17) is 11.6 Å². The second kappa shape index (κ2) is 6.78. The van der Waals surface area contributed by atoms with Crippen molar-refractivity contribution in [3.8, 4) is 0 Å². The van der Waals surface area contributed by atoms with Crippen molar-refractivity contribution in [2.45, 2.75) is 13.5 Å². The number of nitrogens with zero attached hydrogens (tertiary/aromatic N) is 2.